The lowest BCUT2D eigenvalue weighted by molar-refractivity contribution is -0.137. The molecule has 0 amide bonds. The minimum absolute atomic E-state index is 0.0591. The predicted octanol–water partition coefficient (Wildman–Crippen LogP) is 4.58. The average Bonchev–Trinajstić information content (AvgIpc) is 2.32. The summed E-state index contributed by atoms with van der Waals surface area (Å²) in [7, 11) is 0. The van der Waals surface area contributed by atoms with Crippen molar-refractivity contribution >= 4 is 27.5 Å². The lowest BCUT2D eigenvalue weighted by Crippen LogP contribution is -2.08. The van der Waals surface area contributed by atoms with Crippen LogP contribution in [-0.2, 0) is 6.18 Å². The Balaban J connectivity index is 2.61. The van der Waals surface area contributed by atoms with E-state index >= 15 is 0 Å². The molecule has 0 atom stereocenters. The molecule has 0 radical (unpaired) electrons. The van der Waals surface area contributed by atoms with Crippen molar-refractivity contribution in [2.45, 2.75) is 6.18 Å². The van der Waals surface area contributed by atoms with Crippen molar-refractivity contribution in [3.8, 4) is 11.4 Å². The summed E-state index contributed by atoms with van der Waals surface area (Å²) in [6, 6.07) is 5.09. The van der Waals surface area contributed by atoms with Gasteiger partial charge in [-0.2, -0.15) is 13.2 Å². The van der Waals surface area contributed by atoms with Crippen LogP contribution in [0.25, 0.3) is 11.4 Å². The van der Waals surface area contributed by atoms with Gasteiger partial charge in [-0.25, -0.2) is 9.97 Å². The summed E-state index contributed by atoms with van der Waals surface area (Å²) in [5, 5.41) is 0.0666. The van der Waals surface area contributed by atoms with E-state index in [1.165, 1.54) is 24.4 Å². The third kappa shape index (κ3) is 2.64. The average molecular weight is 338 g/mol. The molecule has 0 spiro atoms. The summed E-state index contributed by atoms with van der Waals surface area (Å²) in [5.74, 6) is -0.0591. The van der Waals surface area contributed by atoms with Gasteiger partial charge in [0.2, 0.25) is 0 Å². The van der Waals surface area contributed by atoms with Gasteiger partial charge in [0.05, 0.1) is 10.0 Å². The Hall–Kier alpha value is -1.14. The molecule has 0 fully saturated rings. The molecule has 0 aliphatic rings. The molecule has 0 N–H and O–H groups in total. The van der Waals surface area contributed by atoms with Gasteiger partial charge in [0.25, 0.3) is 0 Å². The molecule has 7 heteroatoms. The van der Waals surface area contributed by atoms with Crippen LogP contribution in [0.3, 0.4) is 0 Å². The van der Waals surface area contributed by atoms with Crippen LogP contribution in [0.5, 0.6) is 0 Å². The summed E-state index contributed by atoms with van der Waals surface area (Å²) in [6.07, 6.45) is -3.14. The van der Waals surface area contributed by atoms with E-state index in [0.717, 1.165) is 6.07 Å². The fourth-order valence-corrected chi connectivity index (χ4v) is 1.72. The third-order valence-electron chi connectivity index (χ3n) is 2.17. The van der Waals surface area contributed by atoms with Gasteiger partial charge in [0, 0.05) is 11.8 Å². The molecule has 2 aromatic rings. The van der Waals surface area contributed by atoms with Gasteiger partial charge in [-0.1, -0.05) is 29.8 Å². The number of alkyl halides is 3. The van der Waals surface area contributed by atoms with E-state index in [1.807, 2.05) is 0 Å². The number of hydrogen-bond acceptors (Lipinski definition) is 2. The Labute approximate surface area is 114 Å². The van der Waals surface area contributed by atoms with Gasteiger partial charge < -0.3 is 0 Å². The minimum Gasteiger partial charge on any atom is -0.235 e. The van der Waals surface area contributed by atoms with Gasteiger partial charge in [-0.05, 0) is 22.0 Å². The molecule has 1 aromatic carbocycles. The zero-order chi connectivity index (χ0) is 13.3. The van der Waals surface area contributed by atoms with Gasteiger partial charge in [-0.15, -0.1) is 0 Å². The highest BCUT2D eigenvalue weighted by atomic mass is 79.9. The first-order chi connectivity index (χ1) is 8.39. The Morgan fingerprint density at radius 2 is 1.83 bits per heavy atom. The van der Waals surface area contributed by atoms with Crippen LogP contribution in [0.4, 0.5) is 13.2 Å². The largest absolute Gasteiger partial charge is 0.417 e. The van der Waals surface area contributed by atoms with Gasteiger partial charge in [0.15, 0.2) is 5.82 Å². The summed E-state index contributed by atoms with van der Waals surface area (Å²) in [5.41, 5.74) is -0.886. The van der Waals surface area contributed by atoms with Crippen molar-refractivity contribution in [1.82, 2.24) is 9.97 Å². The van der Waals surface area contributed by atoms with Gasteiger partial charge in [0.1, 0.15) is 5.15 Å². The van der Waals surface area contributed by atoms with E-state index in [-0.39, 0.29) is 16.5 Å². The Kier molecular flexibility index (Phi) is 3.59. The monoisotopic (exact) mass is 336 g/mol. The van der Waals surface area contributed by atoms with Crippen LogP contribution in [0.15, 0.2) is 34.9 Å². The van der Waals surface area contributed by atoms with Crippen molar-refractivity contribution in [2.75, 3.05) is 0 Å². The molecule has 0 unspecified atom stereocenters. The van der Waals surface area contributed by atoms with E-state index < -0.39 is 11.7 Å². The van der Waals surface area contributed by atoms with Crippen LogP contribution < -0.4 is 0 Å². The van der Waals surface area contributed by atoms with E-state index in [0.29, 0.717) is 4.47 Å². The normalized spacial score (nSPS) is 11.6. The molecule has 2 nitrogen and oxygen atoms in total. The first kappa shape index (κ1) is 13.3. The Bertz CT molecular complexity index is 587. The van der Waals surface area contributed by atoms with E-state index in [1.54, 1.807) is 0 Å². The summed E-state index contributed by atoms with van der Waals surface area (Å²) in [6.45, 7) is 0. The fourth-order valence-electron chi connectivity index (χ4n) is 1.40. The number of halogens is 5. The zero-order valence-corrected chi connectivity index (χ0v) is 11.0. The quantitative estimate of drug-likeness (QED) is 0.712. The fraction of sp³-hybridized carbons (Fsp3) is 0.0909. The van der Waals surface area contributed by atoms with Crippen molar-refractivity contribution < 1.29 is 13.2 Å². The maximum absolute atomic E-state index is 12.8. The SMILES string of the molecule is FC(F)(F)c1ccccc1-c1ncc(Br)c(Cl)n1. The molecule has 0 saturated heterocycles. The lowest BCUT2D eigenvalue weighted by atomic mass is 10.1. The van der Waals surface area contributed by atoms with Crippen LogP contribution in [0, 0.1) is 0 Å². The first-order valence-electron chi connectivity index (χ1n) is 4.74. The van der Waals surface area contributed by atoms with Crippen LogP contribution in [0.1, 0.15) is 5.56 Å². The minimum atomic E-state index is -4.46. The lowest BCUT2D eigenvalue weighted by Gasteiger charge is -2.11. The summed E-state index contributed by atoms with van der Waals surface area (Å²) < 4.78 is 38.9. The second kappa shape index (κ2) is 4.85. The van der Waals surface area contributed by atoms with Crippen LogP contribution >= 0.6 is 27.5 Å². The Morgan fingerprint density at radius 3 is 2.44 bits per heavy atom. The standard InChI is InChI=1S/C11H5BrClF3N2/c12-8-5-17-10(18-9(8)13)6-3-1-2-4-7(6)11(14,15)16/h1-5H. The molecule has 94 valence electrons. The molecule has 0 bridgehead atoms. The first-order valence-corrected chi connectivity index (χ1v) is 5.91. The summed E-state index contributed by atoms with van der Waals surface area (Å²) >= 11 is 8.83. The number of hydrogen-bond donors (Lipinski definition) is 0. The molecular weight excluding hydrogens is 332 g/mol. The number of aromatic nitrogens is 2. The number of rotatable bonds is 1. The molecule has 0 saturated carbocycles. The predicted molar refractivity (Wildman–Crippen MR) is 65.2 cm³/mol. The van der Waals surface area contributed by atoms with Crippen molar-refractivity contribution in [2.24, 2.45) is 0 Å². The second-order valence-electron chi connectivity index (χ2n) is 3.38. The molecule has 1 aromatic heterocycles. The van der Waals surface area contributed by atoms with E-state index in [9.17, 15) is 13.2 Å². The molecule has 2 rings (SSSR count). The number of benzene rings is 1. The highest BCUT2D eigenvalue weighted by Gasteiger charge is 2.34. The summed E-state index contributed by atoms with van der Waals surface area (Å²) in [4.78, 5) is 7.67. The van der Waals surface area contributed by atoms with Gasteiger partial charge in [-0.3, -0.25) is 0 Å². The smallest absolute Gasteiger partial charge is 0.235 e. The van der Waals surface area contributed by atoms with Crippen molar-refractivity contribution in [3.63, 3.8) is 0 Å². The molecule has 0 aliphatic carbocycles. The molecule has 1 heterocycles. The second-order valence-corrected chi connectivity index (χ2v) is 4.59. The van der Waals surface area contributed by atoms with Crippen LogP contribution in [-0.4, -0.2) is 9.97 Å². The molecule has 0 aliphatic heterocycles. The maximum Gasteiger partial charge on any atom is 0.417 e. The highest BCUT2D eigenvalue weighted by molar-refractivity contribution is 9.10. The van der Waals surface area contributed by atoms with Crippen molar-refractivity contribution in [3.05, 3.63) is 45.7 Å². The molecule has 18 heavy (non-hydrogen) atoms. The number of nitrogens with zero attached hydrogens (tertiary/aromatic N) is 2. The highest BCUT2D eigenvalue weighted by Crippen LogP contribution is 2.36. The van der Waals surface area contributed by atoms with Crippen LogP contribution in [0.2, 0.25) is 5.15 Å². The topological polar surface area (TPSA) is 25.8 Å². The van der Waals surface area contributed by atoms with Gasteiger partial charge >= 0.3 is 6.18 Å². The maximum atomic E-state index is 12.8. The molecular formula is C11H5BrClF3N2. The third-order valence-corrected chi connectivity index (χ3v) is 3.27. The Morgan fingerprint density at radius 1 is 1.17 bits per heavy atom. The van der Waals surface area contributed by atoms with E-state index in [4.69, 9.17) is 11.6 Å². The zero-order valence-electron chi connectivity index (χ0n) is 8.67. The van der Waals surface area contributed by atoms with Crippen molar-refractivity contribution in [1.29, 1.82) is 0 Å². The van der Waals surface area contributed by atoms with E-state index in [2.05, 4.69) is 25.9 Å².